The minimum absolute atomic E-state index is 0.0774. The number of unbranched alkanes of at least 4 members (excludes halogenated alkanes) is 41. The zero-order valence-electron chi connectivity index (χ0n) is 53.3. The van der Waals surface area contributed by atoms with E-state index in [0.717, 1.165) is 96.3 Å². The van der Waals surface area contributed by atoms with Crippen LogP contribution in [0.4, 0.5) is 0 Å². The molecule has 0 saturated heterocycles. The maximum atomic E-state index is 13.0. The lowest BCUT2D eigenvalue weighted by Crippen LogP contribution is -2.30. The molecule has 0 aromatic carbocycles. The average molecular weight is 1120 g/mol. The lowest BCUT2D eigenvalue weighted by molar-refractivity contribution is -0.167. The highest BCUT2D eigenvalue weighted by atomic mass is 16.6. The lowest BCUT2D eigenvalue weighted by Gasteiger charge is -2.18. The van der Waals surface area contributed by atoms with Gasteiger partial charge in [0, 0.05) is 19.3 Å². The zero-order valence-corrected chi connectivity index (χ0v) is 53.3. The highest BCUT2D eigenvalue weighted by Gasteiger charge is 2.19. The minimum Gasteiger partial charge on any atom is -0.462 e. The number of ether oxygens (including phenoxy) is 3. The molecule has 0 aliphatic heterocycles. The first-order valence-corrected chi connectivity index (χ1v) is 34.9. The smallest absolute Gasteiger partial charge is 0.306 e. The number of allylic oxidation sites excluding steroid dienone is 12. The molecule has 0 aliphatic rings. The van der Waals surface area contributed by atoms with E-state index in [0.29, 0.717) is 19.3 Å². The van der Waals surface area contributed by atoms with E-state index in [4.69, 9.17) is 14.2 Å². The third-order valence-electron chi connectivity index (χ3n) is 15.4. The van der Waals surface area contributed by atoms with E-state index in [1.54, 1.807) is 0 Å². The van der Waals surface area contributed by atoms with Crippen molar-refractivity contribution in [3.63, 3.8) is 0 Å². The fourth-order valence-electron chi connectivity index (χ4n) is 10.2. The van der Waals surface area contributed by atoms with Crippen molar-refractivity contribution in [2.24, 2.45) is 0 Å². The van der Waals surface area contributed by atoms with Gasteiger partial charge in [0.25, 0.3) is 0 Å². The van der Waals surface area contributed by atoms with Crippen LogP contribution in [0.2, 0.25) is 0 Å². The largest absolute Gasteiger partial charge is 0.462 e. The lowest BCUT2D eigenvalue weighted by atomic mass is 10.0. The summed E-state index contributed by atoms with van der Waals surface area (Å²) in [5.74, 6) is -0.869. The number of carbonyl (C=O) groups excluding carboxylic acids is 3. The van der Waals surface area contributed by atoms with Gasteiger partial charge < -0.3 is 14.2 Å². The molecule has 80 heavy (non-hydrogen) atoms. The van der Waals surface area contributed by atoms with Crippen molar-refractivity contribution < 1.29 is 28.6 Å². The maximum Gasteiger partial charge on any atom is 0.306 e. The molecule has 0 N–H and O–H groups in total. The number of hydrogen-bond donors (Lipinski definition) is 0. The van der Waals surface area contributed by atoms with Crippen molar-refractivity contribution in [1.82, 2.24) is 0 Å². The molecule has 464 valence electrons. The summed E-state index contributed by atoms with van der Waals surface area (Å²) in [4.78, 5) is 38.5. The number of esters is 3. The van der Waals surface area contributed by atoms with Crippen molar-refractivity contribution in [2.75, 3.05) is 13.2 Å². The van der Waals surface area contributed by atoms with Crippen molar-refractivity contribution in [3.8, 4) is 0 Å². The second-order valence-corrected chi connectivity index (χ2v) is 23.4. The predicted molar refractivity (Wildman–Crippen MR) is 348 cm³/mol. The van der Waals surface area contributed by atoms with Crippen molar-refractivity contribution in [3.05, 3.63) is 72.9 Å². The maximum absolute atomic E-state index is 13.0. The Morgan fingerprint density at radius 3 is 0.762 bits per heavy atom. The summed E-state index contributed by atoms with van der Waals surface area (Å²) in [5, 5.41) is 0. The van der Waals surface area contributed by atoms with Crippen LogP contribution in [-0.2, 0) is 28.6 Å². The van der Waals surface area contributed by atoms with Gasteiger partial charge in [-0.05, 0) is 89.9 Å². The first-order chi connectivity index (χ1) is 39.5. The van der Waals surface area contributed by atoms with Crippen LogP contribution >= 0.6 is 0 Å². The molecule has 0 aromatic rings. The van der Waals surface area contributed by atoms with E-state index in [1.165, 1.54) is 225 Å². The molecule has 6 heteroatoms. The van der Waals surface area contributed by atoms with Crippen LogP contribution in [0.25, 0.3) is 0 Å². The molecule has 6 nitrogen and oxygen atoms in total. The van der Waals surface area contributed by atoms with Gasteiger partial charge in [0.2, 0.25) is 0 Å². The molecule has 0 fully saturated rings. The Morgan fingerprint density at radius 1 is 0.263 bits per heavy atom. The van der Waals surface area contributed by atoms with Gasteiger partial charge in [-0.25, -0.2) is 0 Å². The Balaban J connectivity index is 4.34. The highest BCUT2D eigenvalue weighted by molar-refractivity contribution is 5.71. The number of carbonyl (C=O) groups is 3. The van der Waals surface area contributed by atoms with Crippen LogP contribution in [0.1, 0.15) is 361 Å². The molecule has 0 rings (SSSR count). The molecule has 1 atom stereocenters. The number of hydrogen-bond acceptors (Lipinski definition) is 6. The Hall–Kier alpha value is -3.15. The molecular formula is C74H132O6. The topological polar surface area (TPSA) is 78.9 Å². The molecule has 0 spiro atoms. The molecule has 0 radical (unpaired) electrons. The summed E-state index contributed by atoms with van der Waals surface area (Å²) < 4.78 is 17.0. The summed E-state index contributed by atoms with van der Waals surface area (Å²) in [7, 11) is 0. The van der Waals surface area contributed by atoms with Crippen molar-refractivity contribution >= 4 is 17.9 Å². The Morgan fingerprint density at radius 2 is 0.487 bits per heavy atom. The summed E-state index contributed by atoms with van der Waals surface area (Å²) in [6.45, 7) is 6.57. The molecular weight excluding hydrogens is 985 g/mol. The van der Waals surface area contributed by atoms with Gasteiger partial charge in [-0.2, -0.15) is 0 Å². The first kappa shape index (κ1) is 76.9. The zero-order chi connectivity index (χ0) is 57.8. The van der Waals surface area contributed by atoms with Gasteiger partial charge in [0.1, 0.15) is 13.2 Å². The Labute approximate surface area is 497 Å². The van der Waals surface area contributed by atoms with E-state index in [1.807, 2.05) is 0 Å². The quantitative estimate of drug-likeness (QED) is 0.0261. The summed E-state index contributed by atoms with van der Waals surface area (Å²) in [6, 6.07) is 0. The van der Waals surface area contributed by atoms with Gasteiger partial charge in [-0.15, -0.1) is 0 Å². The Kier molecular flexibility index (Phi) is 65.7. The van der Waals surface area contributed by atoms with Gasteiger partial charge in [-0.3, -0.25) is 14.4 Å². The van der Waals surface area contributed by atoms with Crippen LogP contribution in [0.3, 0.4) is 0 Å². The van der Waals surface area contributed by atoms with E-state index >= 15 is 0 Å². The highest BCUT2D eigenvalue weighted by Crippen LogP contribution is 2.18. The van der Waals surface area contributed by atoms with E-state index in [-0.39, 0.29) is 31.1 Å². The first-order valence-electron chi connectivity index (χ1n) is 34.9. The third kappa shape index (κ3) is 65.7. The monoisotopic (exact) mass is 1120 g/mol. The number of rotatable bonds is 64. The second kappa shape index (κ2) is 68.3. The third-order valence-corrected chi connectivity index (χ3v) is 15.4. The summed E-state index contributed by atoms with van der Waals surface area (Å²) >= 11 is 0. The van der Waals surface area contributed by atoms with Crippen LogP contribution < -0.4 is 0 Å². The van der Waals surface area contributed by atoms with Gasteiger partial charge >= 0.3 is 17.9 Å². The van der Waals surface area contributed by atoms with Crippen molar-refractivity contribution in [1.29, 1.82) is 0 Å². The van der Waals surface area contributed by atoms with Crippen LogP contribution in [-0.4, -0.2) is 37.2 Å². The summed E-state index contributed by atoms with van der Waals surface area (Å²) in [5.41, 5.74) is 0. The SMILES string of the molecule is CC/C=C\C/C=C\C/C=C\CCCCCCCCCC(=O)OCC(COC(=O)CCCCCCCCCCCC/C=C\C/C=C\C/C=C\CCCCCCC)OC(=O)CCCCCCCCCCCCCCCCCCCCCC. The molecule has 0 amide bonds. The molecule has 0 aromatic heterocycles. The van der Waals surface area contributed by atoms with E-state index in [9.17, 15) is 14.4 Å². The van der Waals surface area contributed by atoms with Crippen LogP contribution in [0.15, 0.2) is 72.9 Å². The average Bonchev–Trinajstić information content (AvgIpc) is 3.46. The van der Waals surface area contributed by atoms with E-state index < -0.39 is 6.10 Å². The molecule has 1 unspecified atom stereocenters. The van der Waals surface area contributed by atoms with E-state index in [2.05, 4.69) is 93.7 Å². The van der Waals surface area contributed by atoms with Crippen molar-refractivity contribution in [2.45, 2.75) is 367 Å². The normalized spacial score (nSPS) is 12.5. The predicted octanol–water partition coefficient (Wildman–Crippen LogP) is 24.1. The van der Waals surface area contributed by atoms with Gasteiger partial charge in [-0.1, -0.05) is 325 Å². The summed E-state index contributed by atoms with van der Waals surface area (Å²) in [6.07, 6.45) is 89.2. The van der Waals surface area contributed by atoms with Crippen LogP contribution in [0.5, 0.6) is 0 Å². The second-order valence-electron chi connectivity index (χ2n) is 23.4. The molecule has 0 aliphatic carbocycles. The molecule has 0 heterocycles. The minimum atomic E-state index is -0.782. The van der Waals surface area contributed by atoms with Gasteiger partial charge in [0.15, 0.2) is 6.10 Å². The van der Waals surface area contributed by atoms with Crippen LogP contribution in [0, 0.1) is 0 Å². The standard InChI is InChI=1S/C74H132O6/c1-4-7-10-13-16-19-22-25-28-31-33-35-36-37-38-39-41-43-46-49-52-55-58-61-64-67-73(76)79-70-71(69-78-72(75)66-63-60-57-54-51-48-45-42-30-27-24-21-18-15-12-9-6-3)80-74(77)68-65-62-59-56-53-50-47-44-40-34-32-29-26-23-20-17-14-11-8-5-2/h9,12,18,21-22,25,27,30-31,33,36-37,71H,4-8,10-11,13-17,19-20,23-24,26,28-29,32,34-35,38-70H2,1-3H3/b12-9-,21-18-,25-22-,30-27-,33-31-,37-36-. The Bertz CT molecular complexity index is 1470. The molecule has 0 saturated carbocycles. The fourth-order valence-corrected chi connectivity index (χ4v) is 10.2. The molecule has 0 bridgehead atoms. The van der Waals surface area contributed by atoms with Gasteiger partial charge in [0.05, 0.1) is 0 Å². The fraction of sp³-hybridized carbons (Fsp3) is 0.797.